The number of benzene rings is 1. The lowest BCUT2D eigenvalue weighted by Crippen LogP contribution is -2.30. The van der Waals surface area contributed by atoms with Crippen molar-refractivity contribution < 1.29 is 28.4 Å². The lowest BCUT2D eigenvalue weighted by Gasteiger charge is -2.23. The van der Waals surface area contributed by atoms with Gasteiger partial charge in [-0.15, -0.1) is 0 Å². The second-order valence-electron chi connectivity index (χ2n) is 4.72. The lowest BCUT2D eigenvalue weighted by molar-refractivity contribution is -0.295. The van der Waals surface area contributed by atoms with Crippen LogP contribution in [0.2, 0.25) is 0 Å². The Balaban J connectivity index is 2.50. The van der Waals surface area contributed by atoms with Gasteiger partial charge < -0.3 is 24.1 Å². The minimum Gasteiger partial charge on any atom is -0.491 e. The highest BCUT2D eigenvalue weighted by molar-refractivity contribution is 5.22. The van der Waals surface area contributed by atoms with Crippen molar-refractivity contribution in [3.63, 3.8) is 0 Å². The normalized spacial score (nSPS) is 13.8. The van der Waals surface area contributed by atoms with Crippen LogP contribution in [0.3, 0.4) is 0 Å². The molecule has 1 N–H and O–H groups in total. The Morgan fingerprint density at radius 3 is 2.50 bits per heavy atom. The van der Waals surface area contributed by atoms with Crippen LogP contribution in [0, 0.1) is 5.82 Å². The zero-order chi connectivity index (χ0) is 16.2. The predicted octanol–water partition coefficient (Wildman–Crippen LogP) is 2.72. The van der Waals surface area contributed by atoms with Gasteiger partial charge in [0.2, 0.25) is 0 Å². The van der Waals surface area contributed by atoms with Gasteiger partial charge in [-0.3, -0.25) is 0 Å². The van der Waals surface area contributed by atoms with Crippen molar-refractivity contribution in [2.24, 2.45) is 0 Å². The Labute approximate surface area is 130 Å². The summed E-state index contributed by atoms with van der Waals surface area (Å²) < 4.78 is 34.6. The van der Waals surface area contributed by atoms with Crippen molar-refractivity contribution >= 4 is 0 Å². The van der Waals surface area contributed by atoms with Crippen LogP contribution in [0.1, 0.15) is 26.2 Å². The molecule has 0 aromatic heterocycles. The highest BCUT2D eigenvalue weighted by atomic mass is 19.1. The van der Waals surface area contributed by atoms with E-state index in [0.717, 1.165) is 6.42 Å². The van der Waals surface area contributed by atoms with E-state index in [0.29, 0.717) is 31.8 Å². The average Bonchev–Trinajstić information content (AvgIpc) is 2.53. The van der Waals surface area contributed by atoms with Crippen LogP contribution >= 0.6 is 0 Å². The zero-order valence-electron chi connectivity index (χ0n) is 13.2. The summed E-state index contributed by atoms with van der Waals surface area (Å²) in [6, 6.07) is 5.82. The van der Waals surface area contributed by atoms with Gasteiger partial charge in [0.05, 0.1) is 6.10 Å². The standard InChI is InChI=1S/C16H25FO5/c1-3-20-16(19-2)22-15(6-4-5-11-18)12-21-14-9-7-13(17)8-10-14/h7-10,15-16,18H,3-6,11-12H2,1-2H3. The fourth-order valence-corrected chi connectivity index (χ4v) is 1.85. The first-order valence-electron chi connectivity index (χ1n) is 7.48. The molecule has 0 saturated carbocycles. The van der Waals surface area contributed by atoms with Crippen LogP contribution in [0.25, 0.3) is 0 Å². The minimum absolute atomic E-state index is 0.144. The van der Waals surface area contributed by atoms with Gasteiger partial charge in [-0.25, -0.2) is 4.39 Å². The fourth-order valence-electron chi connectivity index (χ4n) is 1.85. The second kappa shape index (κ2) is 11.4. The molecule has 0 aliphatic carbocycles. The van der Waals surface area contributed by atoms with Crippen LogP contribution in [0.5, 0.6) is 5.75 Å². The summed E-state index contributed by atoms with van der Waals surface area (Å²) in [5, 5.41) is 8.87. The third-order valence-corrected chi connectivity index (χ3v) is 2.98. The van der Waals surface area contributed by atoms with E-state index >= 15 is 0 Å². The molecule has 0 saturated heterocycles. The molecule has 0 amide bonds. The summed E-state index contributed by atoms with van der Waals surface area (Å²) in [5.74, 6) is 0.265. The Kier molecular flexibility index (Phi) is 9.74. The molecule has 0 bridgehead atoms. The van der Waals surface area contributed by atoms with Crippen molar-refractivity contribution in [3.05, 3.63) is 30.1 Å². The maximum Gasteiger partial charge on any atom is 0.271 e. The molecule has 2 atom stereocenters. The maximum atomic E-state index is 12.9. The number of hydrogen-bond acceptors (Lipinski definition) is 5. The molecule has 126 valence electrons. The number of rotatable bonds is 12. The summed E-state index contributed by atoms with van der Waals surface area (Å²) in [6.07, 6.45) is 1.96. The molecule has 6 heteroatoms. The van der Waals surface area contributed by atoms with Gasteiger partial charge in [-0.1, -0.05) is 0 Å². The molecule has 0 fully saturated rings. The molecule has 0 aliphatic heterocycles. The average molecular weight is 316 g/mol. The molecular weight excluding hydrogens is 291 g/mol. The Morgan fingerprint density at radius 2 is 1.91 bits per heavy atom. The molecule has 1 aromatic rings. The Bertz CT molecular complexity index is 385. The minimum atomic E-state index is -0.749. The number of ether oxygens (including phenoxy) is 4. The zero-order valence-corrected chi connectivity index (χ0v) is 13.2. The SMILES string of the molecule is CCOC(OC)OC(CCCCO)COc1ccc(F)cc1. The summed E-state index contributed by atoms with van der Waals surface area (Å²) in [7, 11) is 1.51. The van der Waals surface area contributed by atoms with Gasteiger partial charge in [0.15, 0.2) is 0 Å². The van der Waals surface area contributed by atoms with E-state index in [2.05, 4.69) is 0 Å². The molecule has 0 radical (unpaired) electrons. The van der Waals surface area contributed by atoms with E-state index in [1.807, 2.05) is 6.92 Å². The van der Waals surface area contributed by atoms with Gasteiger partial charge in [-0.05, 0) is 50.5 Å². The molecule has 0 heterocycles. The van der Waals surface area contributed by atoms with Crippen molar-refractivity contribution in [2.45, 2.75) is 38.8 Å². The largest absolute Gasteiger partial charge is 0.491 e. The predicted molar refractivity (Wildman–Crippen MR) is 80.1 cm³/mol. The topological polar surface area (TPSA) is 57.2 Å². The third-order valence-electron chi connectivity index (χ3n) is 2.98. The molecule has 2 unspecified atom stereocenters. The first-order valence-corrected chi connectivity index (χ1v) is 7.48. The maximum absolute atomic E-state index is 12.9. The number of hydrogen-bond donors (Lipinski definition) is 1. The molecule has 5 nitrogen and oxygen atoms in total. The molecular formula is C16H25FO5. The van der Waals surface area contributed by atoms with Gasteiger partial charge in [0.25, 0.3) is 6.48 Å². The van der Waals surface area contributed by atoms with Crippen molar-refractivity contribution in [3.8, 4) is 5.75 Å². The van der Waals surface area contributed by atoms with Crippen LogP contribution in [-0.4, -0.2) is 44.6 Å². The number of halogens is 1. The summed E-state index contributed by atoms with van der Waals surface area (Å²) >= 11 is 0. The first-order chi connectivity index (χ1) is 10.7. The van der Waals surface area contributed by atoms with E-state index < -0.39 is 6.48 Å². The molecule has 1 aromatic carbocycles. The van der Waals surface area contributed by atoms with Gasteiger partial charge in [0, 0.05) is 20.3 Å². The monoisotopic (exact) mass is 316 g/mol. The van der Waals surface area contributed by atoms with E-state index in [9.17, 15) is 4.39 Å². The van der Waals surface area contributed by atoms with Crippen molar-refractivity contribution in [2.75, 3.05) is 26.9 Å². The number of aliphatic hydroxyl groups is 1. The lowest BCUT2D eigenvalue weighted by atomic mass is 10.1. The Hall–Kier alpha value is -1.21. The van der Waals surface area contributed by atoms with E-state index in [1.54, 1.807) is 12.1 Å². The van der Waals surface area contributed by atoms with E-state index in [1.165, 1.54) is 19.2 Å². The van der Waals surface area contributed by atoms with Crippen LogP contribution in [-0.2, 0) is 14.2 Å². The quantitative estimate of drug-likeness (QED) is 0.475. The fraction of sp³-hybridized carbons (Fsp3) is 0.625. The van der Waals surface area contributed by atoms with E-state index in [-0.39, 0.29) is 18.5 Å². The molecule has 22 heavy (non-hydrogen) atoms. The smallest absolute Gasteiger partial charge is 0.271 e. The first kappa shape index (κ1) is 18.8. The van der Waals surface area contributed by atoms with Crippen LogP contribution in [0.15, 0.2) is 24.3 Å². The van der Waals surface area contributed by atoms with Gasteiger partial charge in [0.1, 0.15) is 18.2 Å². The van der Waals surface area contributed by atoms with Gasteiger partial charge in [-0.2, -0.15) is 0 Å². The molecule has 1 rings (SSSR count). The summed E-state index contributed by atoms with van der Waals surface area (Å²) in [4.78, 5) is 0. The van der Waals surface area contributed by atoms with Crippen LogP contribution in [0.4, 0.5) is 4.39 Å². The second-order valence-corrected chi connectivity index (χ2v) is 4.72. The summed E-state index contributed by atoms with van der Waals surface area (Å²) in [5.41, 5.74) is 0. The van der Waals surface area contributed by atoms with Gasteiger partial charge >= 0.3 is 0 Å². The van der Waals surface area contributed by atoms with E-state index in [4.69, 9.17) is 24.1 Å². The molecule has 0 aliphatic rings. The van der Waals surface area contributed by atoms with Crippen LogP contribution < -0.4 is 4.74 Å². The highest BCUT2D eigenvalue weighted by Crippen LogP contribution is 2.15. The molecule has 0 spiro atoms. The highest BCUT2D eigenvalue weighted by Gasteiger charge is 2.17. The number of aliphatic hydroxyl groups excluding tert-OH is 1. The number of unbranched alkanes of at least 4 members (excludes halogenated alkanes) is 1. The van der Waals surface area contributed by atoms with Crippen molar-refractivity contribution in [1.29, 1.82) is 0 Å². The third kappa shape index (κ3) is 7.70. The number of methoxy groups -OCH3 is 1. The van der Waals surface area contributed by atoms with Crippen molar-refractivity contribution in [1.82, 2.24) is 0 Å². The Morgan fingerprint density at radius 1 is 1.18 bits per heavy atom. The summed E-state index contributed by atoms with van der Waals surface area (Å²) in [6.45, 7) is 2.02.